The van der Waals surface area contributed by atoms with Crippen molar-refractivity contribution >= 4 is 28.6 Å². The number of halogens is 1. The Morgan fingerprint density at radius 2 is 1.81 bits per heavy atom. The number of phenolic OH excluding ortho intramolecular Hbond substituents is 1. The Morgan fingerprint density at radius 1 is 1.06 bits per heavy atom. The number of benzene rings is 2. The first-order valence-corrected chi connectivity index (χ1v) is 11.4. The Labute approximate surface area is 188 Å². The molecule has 7 heteroatoms. The number of phenols is 1. The van der Waals surface area contributed by atoms with Gasteiger partial charge in [-0.1, -0.05) is 56.7 Å². The van der Waals surface area contributed by atoms with Crippen molar-refractivity contribution in [2.75, 3.05) is 6.61 Å². The summed E-state index contributed by atoms with van der Waals surface area (Å²) in [6.07, 6.45) is 7.79. The minimum Gasteiger partial charge on any atom is -0.505 e. The number of fused-ring (bicyclic) bond motifs is 1. The van der Waals surface area contributed by atoms with Gasteiger partial charge in [-0.15, -0.1) is 15.0 Å². The lowest BCUT2D eigenvalue weighted by Gasteiger charge is -2.10. The van der Waals surface area contributed by atoms with Crippen LogP contribution >= 0.6 is 11.6 Å². The van der Waals surface area contributed by atoms with Crippen LogP contribution in [0.15, 0.2) is 30.3 Å². The third kappa shape index (κ3) is 6.44. The Bertz CT molecular complexity index is 1030. The first kappa shape index (κ1) is 23.1. The van der Waals surface area contributed by atoms with Gasteiger partial charge in [0.05, 0.1) is 6.61 Å². The van der Waals surface area contributed by atoms with Crippen LogP contribution in [0.3, 0.4) is 0 Å². The van der Waals surface area contributed by atoms with E-state index in [-0.39, 0.29) is 11.7 Å². The topological polar surface area (TPSA) is 77.2 Å². The molecular formula is C24H30ClN3O3. The molecular weight excluding hydrogens is 414 g/mol. The zero-order chi connectivity index (χ0) is 22.2. The van der Waals surface area contributed by atoms with E-state index in [0.717, 1.165) is 18.4 Å². The van der Waals surface area contributed by atoms with Crippen molar-refractivity contribution < 1.29 is 14.6 Å². The highest BCUT2D eigenvalue weighted by Crippen LogP contribution is 2.28. The van der Waals surface area contributed by atoms with Gasteiger partial charge in [0.15, 0.2) is 0 Å². The van der Waals surface area contributed by atoms with E-state index in [1.165, 1.54) is 30.5 Å². The number of nitrogens with zero attached hydrogens (tertiary/aromatic N) is 3. The Hall–Kier alpha value is -2.60. The van der Waals surface area contributed by atoms with E-state index in [4.69, 9.17) is 16.3 Å². The van der Waals surface area contributed by atoms with E-state index in [0.29, 0.717) is 46.8 Å². The number of carbonyl (C=O) groups excluding carboxylic acids is 1. The number of ether oxygens (including phenoxy) is 1. The van der Waals surface area contributed by atoms with Crippen molar-refractivity contribution in [2.24, 2.45) is 0 Å². The normalized spacial score (nSPS) is 11.2. The lowest BCUT2D eigenvalue weighted by molar-refractivity contribution is -0.143. The summed E-state index contributed by atoms with van der Waals surface area (Å²) in [7, 11) is 0. The zero-order valence-electron chi connectivity index (χ0n) is 18.2. The molecule has 0 aliphatic rings. The number of hydrogen-bond donors (Lipinski definition) is 1. The molecule has 0 aliphatic carbocycles. The largest absolute Gasteiger partial charge is 0.505 e. The minimum absolute atomic E-state index is 0.112. The molecule has 6 nitrogen and oxygen atoms in total. The zero-order valence-corrected chi connectivity index (χ0v) is 19.0. The number of esters is 1. The van der Waals surface area contributed by atoms with Crippen LogP contribution in [0.2, 0.25) is 5.02 Å². The molecule has 0 bridgehead atoms. The van der Waals surface area contributed by atoms with Crippen molar-refractivity contribution in [1.82, 2.24) is 15.0 Å². The highest BCUT2D eigenvalue weighted by molar-refractivity contribution is 6.31. The molecule has 0 unspecified atom stereocenters. The molecule has 1 N–H and O–H groups in total. The van der Waals surface area contributed by atoms with E-state index in [1.54, 1.807) is 18.2 Å². The van der Waals surface area contributed by atoms with Crippen LogP contribution in [0.5, 0.6) is 5.75 Å². The lowest BCUT2D eigenvalue weighted by atomic mass is 10.0. The van der Waals surface area contributed by atoms with E-state index >= 15 is 0 Å². The summed E-state index contributed by atoms with van der Waals surface area (Å²) >= 11 is 6.03. The van der Waals surface area contributed by atoms with Gasteiger partial charge in [0, 0.05) is 11.4 Å². The van der Waals surface area contributed by atoms with Gasteiger partial charge in [-0.25, -0.2) is 0 Å². The van der Waals surface area contributed by atoms with Crippen LogP contribution in [0.1, 0.15) is 63.0 Å². The second kappa shape index (κ2) is 11.1. The molecule has 1 heterocycles. The molecule has 3 rings (SSSR count). The fraction of sp³-hybridized carbons (Fsp3) is 0.458. The molecule has 0 fully saturated rings. The maximum absolute atomic E-state index is 12.1. The number of carbonyl (C=O) groups is 1. The SMILES string of the molecule is CCCCCCCCOC(=O)CCc1cc(C)c(O)c(-n2nc3ccc(Cl)cc3n2)c1. The Balaban J connectivity index is 1.58. The Kier molecular flexibility index (Phi) is 8.29. The first-order valence-electron chi connectivity index (χ1n) is 11.0. The molecule has 2 aromatic carbocycles. The van der Waals surface area contributed by atoms with E-state index in [1.807, 2.05) is 19.1 Å². The fourth-order valence-electron chi connectivity index (χ4n) is 3.51. The maximum atomic E-state index is 12.1. The van der Waals surface area contributed by atoms with Crippen LogP contribution in [-0.2, 0) is 16.0 Å². The summed E-state index contributed by atoms with van der Waals surface area (Å²) in [6.45, 7) is 4.50. The first-order chi connectivity index (χ1) is 15.0. The molecule has 0 atom stereocenters. The number of unbranched alkanes of at least 4 members (excludes halogenated alkanes) is 5. The van der Waals surface area contributed by atoms with Gasteiger partial charge in [0.25, 0.3) is 0 Å². The summed E-state index contributed by atoms with van der Waals surface area (Å²) in [4.78, 5) is 13.5. The second-order valence-corrected chi connectivity index (χ2v) is 8.33. The van der Waals surface area contributed by atoms with Gasteiger partial charge in [-0.2, -0.15) is 0 Å². The molecule has 0 radical (unpaired) electrons. The molecule has 166 valence electrons. The summed E-state index contributed by atoms with van der Waals surface area (Å²) in [5.74, 6) is -0.0840. The summed E-state index contributed by atoms with van der Waals surface area (Å²) < 4.78 is 5.36. The molecule has 0 spiro atoms. The molecule has 0 saturated heterocycles. The monoisotopic (exact) mass is 443 g/mol. The summed E-state index contributed by atoms with van der Waals surface area (Å²) in [6, 6.07) is 8.95. The molecule has 0 aliphatic heterocycles. The third-order valence-corrected chi connectivity index (χ3v) is 5.51. The van der Waals surface area contributed by atoms with Gasteiger partial charge in [-0.3, -0.25) is 4.79 Å². The summed E-state index contributed by atoms with van der Waals surface area (Å²) in [5, 5.41) is 20.0. The highest BCUT2D eigenvalue weighted by Gasteiger charge is 2.14. The molecule has 0 saturated carbocycles. The van der Waals surface area contributed by atoms with Crippen LogP contribution in [0, 0.1) is 6.92 Å². The van der Waals surface area contributed by atoms with Gasteiger partial charge >= 0.3 is 5.97 Å². The van der Waals surface area contributed by atoms with Crippen LogP contribution < -0.4 is 0 Å². The third-order valence-electron chi connectivity index (χ3n) is 5.28. The van der Waals surface area contributed by atoms with Crippen molar-refractivity contribution in [3.63, 3.8) is 0 Å². The smallest absolute Gasteiger partial charge is 0.306 e. The van der Waals surface area contributed by atoms with Crippen LogP contribution in [0.4, 0.5) is 0 Å². The van der Waals surface area contributed by atoms with Crippen molar-refractivity contribution in [3.05, 3.63) is 46.5 Å². The van der Waals surface area contributed by atoms with Crippen LogP contribution in [0.25, 0.3) is 16.7 Å². The van der Waals surface area contributed by atoms with Gasteiger partial charge in [-0.05, 0) is 55.2 Å². The average molecular weight is 444 g/mol. The molecule has 0 amide bonds. The van der Waals surface area contributed by atoms with Gasteiger partial charge < -0.3 is 9.84 Å². The number of aryl methyl sites for hydroxylation is 2. The Morgan fingerprint density at radius 3 is 2.61 bits per heavy atom. The lowest BCUT2D eigenvalue weighted by Crippen LogP contribution is -2.08. The average Bonchev–Trinajstić information content (AvgIpc) is 3.16. The van der Waals surface area contributed by atoms with Crippen molar-refractivity contribution in [1.29, 1.82) is 0 Å². The maximum Gasteiger partial charge on any atom is 0.306 e. The fourth-order valence-corrected chi connectivity index (χ4v) is 3.68. The van der Waals surface area contributed by atoms with Crippen molar-refractivity contribution in [3.8, 4) is 11.4 Å². The number of rotatable bonds is 11. The molecule has 3 aromatic rings. The van der Waals surface area contributed by atoms with E-state index in [9.17, 15) is 9.90 Å². The quantitative estimate of drug-likeness (QED) is 0.294. The minimum atomic E-state index is -0.196. The predicted octanol–water partition coefficient (Wildman–Crippen LogP) is 5.92. The van der Waals surface area contributed by atoms with Crippen LogP contribution in [-0.4, -0.2) is 32.7 Å². The molecule has 1 aromatic heterocycles. The number of aromatic nitrogens is 3. The summed E-state index contributed by atoms with van der Waals surface area (Å²) in [5.41, 5.74) is 3.43. The predicted molar refractivity (Wildman–Crippen MR) is 123 cm³/mol. The van der Waals surface area contributed by atoms with Crippen molar-refractivity contribution in [2.45, 2.75) is 65.2 Å². The van der Waals surface area contributed by atoms with E-state index < -0.39 is 0 Å². The highest BCUT2D eigenvalue weighted by atomic mass is 35.5. The van der Waals surface area contributed by atoms with E-state index in [2.05, 4.69) is 17.1 Å². The number of aromatic hydroxyl groups is 1. The molecule has 31 heavy (non-hydrogen) atoms. The number of hydrogen-bond acceptors (Lipinski definition) is 5. The van der Waals surface area contributed by atoms with Gasteiger partial charge in [0.1, 0.15) is 22.5 Å². The second-order valence-electron chi connectivity index (χ2n) is 7.89. The van der Waals surface area contributed by atoms with Gasteiger partial charge in [0.2, 0.25) is 0 Å². The standard InChI is InChI=1S/C24H30ClN3O3/c1-3-4-5-6-7-8-13-31-23(29)12-9-18-14-17(2)24(30)22(15-18)28-26-20-11-10-19(25)16-21(20)27-28/h10-11,14-16,30H,3-9,12-13H2,1-2H3.